The van der Waals surface area contributed by atoms with Crippen molar-refractivity contribution in [1.82, 2.24) is 30.0 Å². The van der Waals surface area contributed by atoms with E-state index in [1.54, 1.807) is 0 Å². The van der Waals surface area contributed by atoms with Crippen LogP contribution < -0.4 is 4.74 Å². The number of benzene rings is 2. The third kappa shape index (κ3) is 4.87. The molecule has 0 spiro atoms. The van der Waals surface area contributed by atoms with Crippen molar-refractivity contribution in [1.29, 1.82) is 0 Å². The molecule has 0 saturated carbocycles. The predicted octanol–water partition coefficient (Wildman–Crippen LogP) is 5.57. The van der Waals surface area contributed by atoms with Crippen molar-refractivity contribution in [3.05, 3.63) is 83.7 Å². The number of esters is 1. The topological polar surface area (TPSA) is 107 Å². The Morgan fingerprint density at radius 2 is 1.76 bits per heavy atom. The highest BCUT2D eigenvalue weighted by molar-refractivity contribution is 5.80. The van der Waals surface area contributed by atoms with Gasteiger partial charge >= 0.3 is 5.97 Å². The van der Waals surface area contributed by atoms with Gasteiger partial charge in [-0.2, -0.15) is 10.2 Å². The van der Waals surface area contributed by atoms with E-state index < -0.39 is 11.5 Å². The number of carbonyl (C=O) groups is 1. The number of hydrogen-bond acceptors (Lipinski definition) is 7. The number of H-pyrrole nitrogens is 1. The van der Waals surface area contributed by atoms with Gasteiger partial charge in [0, 0.05) is 5.56 Å². The van der Waals surface area contributed by atoms with Gasteiger partial charge in [0.1, 0.15) is 5.65 Å². The Labute approximate surface area is 220 Å². The molecule has 2 aromatic carbocycles. The van der Waals surface area contributed by atoms with Crippen LogP contribution in [0.5, 0.6) is 5.88 Å². The van der Waals surface area contributed by atoms with Crippen LogP contribution in [0.2, 0.25) is 0 Å². The molecule has 0 bridgehead atoms. The SMILES string of the molecule is CCOc1cn2c(C(OC(=O)C(C)(C)C)c3ccc(-c4ccccc4-c4nn[nH]n4)cc3)ccc(C)c2n1. The fourth-order valence-corrected chi connectivity index (χ4v) is 4.26. The van der Waals surface area contributed by atoms with Gasteiger partial charge in [-0.15, -0.1) is 10.2 Å². The summed E-state index contributed by atoms with van der Waals surface area (Å²) in [5, 5.41) is 14.5. The van der Waals surface area contributed by atoms with E-state index in [9.17, 15) is 4.79 Å². The van der Waals surface area contributed by atoms with Crippen LogP contribution in [0.15, 0.2) is 66.9 Å². The van der Waals surface area contributed by atoms with Gasteiger partial charge in [-0.3, -0.25) is 9.20 Å². The first kappa shape index (κ1) is 25.1. The lowest BCUT2D eigenvalue weighted by atomic mass is 9.95. The number of imidazole rings is 1. The van der Waals surface area contributed by atoms with Crippen molar-refractivity contribution >= 4 is 11.6 Å². The van der Waals surface area contributed by atoms with E-state index in [1.165, 1.54) is 0 Å². The number of hydrogen-bond donors (Lipinski definition) is 1. The number of nitrogens with one attached hydrogen (secondary N) is 1. The fourth-order valence-electron chi connectivity index (χ4n) is 4.26. The Kier molecular flexibility index (Phi) is 6.67. The molecule has 5 aromatic rings. The molecule has 0 fully saturated rings. The number of aromatic nitrogens is 6. The number of aromatic amines is 1. The van der Waals surface area contributed by atoms with Crippen LogP contribution in [-0.4, -0.2) is 42.6 Å². The molecule has 1 atom stereocenters. The summed E-state index contributed by atoms with van der Waals surface area (Å²) >= 11 is 0. The smallest absolute Gasteiger partial charge is 0.312 e. The Hall–Kier alpha value is -4.53. The summed E-state index contributed by atoms with van der Waals surface area (Å²) < 4.78 is 13.8. The average Bonchev–Trinajstić information content (AvgIpc) is 3.59. The molecule has 1 N–H and O–H groups in total. The molecular weight excluding hydrogens is 480 g/mol. The van der Waals surface area contributed by atoms with Crippen molar-refractivity contribution < 1.29 is 14.3 Å². The molecule has 9 heteroatoms. The molecule has 0 saturated heterocycles. The van der Waals surface area contributed by atoms with Crippen molar-refractivity contribution in [2.45, 2.75) is 40.7 Å². The highest BCUT2D eigenvalue weighted by atomic mass is 16.5. The first-order valence-corrected chi connectivity index (χ1v) is 12.5. The van der Waals surface area contributed by atoms with Crippen LogP contribution in [0.1, 0.15) is 50.6 Å². The minimum absolute atomic E-state index is 0.298. The molecule has 0 aliphatic heterocycles. The fraction of sp³-hybridized carbons (Fsp3) is 0.276. The lowest BCUT2D eigenvalue weighted by Gasteiger charge is -2.25. The number of rotatable bonds is 7. The van der Waals surface area contributed by atoms with Gasteiger partial charge in [0.25, 0.3) is 0 Å². The van der Waals surface area contributed by atoms with Crippen molar-refractivity contribution in [2.24, 2.45) is 5.41 Å². The predicted molar refractivity (Wildman–Crippen MR) is 144 cm³/mol. The molecule has 1 unspecified atom stereocenters. The number of fused-ring (bicyclic) bond motifs is 1. The number of nitrogens with zero attached hydrogens (tertiary/aromatic N) is 5. The maximum Gasteiger partial charge on any atom is 0.312 e. The number of aryl methyl sites for hydroxylation is 1. The number of carbonyl (C=O) groups excluding carboxylic acids is 1. The summed E-state index contributed by atoms with van der Waals surface area (Å²) in [6, 6.07) is 19.8. The Morgan fingerprint density at radius 3 is 2.42 bits per heavy atom. The zero-order valence-electron chi connectivity index (χ0n) is 22.1. The van der Waals surface area contributed by atoms with Crippen molar-refractivity contribution in [2.75, 3.05) is 6.61 Å². The monoisotopic (exact) mass is 510 g/mol. The molecule has 3 aromatic heterocycles. The molecule has 5 rings (SSSR count). The molecule has 3 heterocycles. The molecule has 9 nitrogen and oxygen atoms in total. The molecular formula is C29H30N6O3. The van der Waals surface area contributed by atoms with E-state index >= 15 is 0 Å². The highest BCUT2D eigenvalue weighted by Crippen LogP contribution is 2.35. The zero-order chi connectivity index (χ0) is 26.9. The van der Waals surface area contributed by atoms with Crippen molar-refractivity contribution in [3.63, 3.8) is 0 Å². The Balaban J connectivity index is 1.59. The summed E-state index contributed by atoms with van der Waals surface area (Å²) in [5.41, 5.74) is 5.51. The van der Waals surface area contributed by atoms with Gasteiger partial charge in [-0.1, -0.05) is 54.6 Å². The van der Waals surface area contributed by atoms with Gasteiger partial charge in [-0.05, 0) is 68.2 Å². The molecule has 38 heavy (non-hydrogen) atoms. The van der Waals surface area contributed by atoms with E-state index in [0.717, 1.165) is 39.2 Å². The Morgan fingerprint density at radius 1 is 1.03 bits per heavy atom. The standard InChI is InChI=1S/C29H30N6O3/c1-6-37-24-17-35-23(16-11-18(2)27(35)30-24)25(38-28(36)29(3,4)5)20-14-12-19(13-15-20)21-9-7-8-10-22(21)26-31-33-34-32-26/h7-17,25H,6H2,1-5H3,(H,31,32,33,34). The van der Waals surface area contributed by atoms with Gasteiger partial charge in [0.15, 0.2) is 6.10 Å². The summed E-state index contributed by atoms with van der Waals surface area (Å²) in [4.78, 5) is 17.7. The van der Waals surface area contributed by atoms with Crippen LogP contribution in [0, 0.1) is 12.3 Å². The second kappa shape index (κ2) is 10.1. The molecule has 0 radical (unpaired) electrons. The molecule has 0 aliphatic rings. The van der Waals surface area contributed by atoms with Crippen LogP contribution >= 0.6 is 0 Å². The average molecular weight is 511 g/mol. The van der Waals surface area contributed by atoms with E-state index in [1.807, 2.05) is 106 Å². The lowest BCUT2D eigenvalue weighted by Crippen LogP contribution is -2.26. The summed E-state index contributed by atoms with van der Waals surface area (Å²) in [6.07, 6.45) is 1.18. The van der Waals surface area contributed by atoms with Gasteiger partial charge < -0.3 is 9.47 Å². The van der Waals surface area contributed by atoms with Crippen LogP contribution in [0.25, 0.3) is 28.2 Å². The molecule has 0 amide bonds. The lowest BCUT2D eigenvalue weighted by molar-refractivity contribution is -0.157. The third-order valence-corrected chi connectivity index (χ3v) is 6.25. The second-order valence-electron chi connectivity index (χ2n) is 10.1. The first-order valence-electron chi connectivity index (χ1n) is 12.5. The van der Waals surface area contributed by atoms with E-state index in [-0.39, 0.29) is 5.97 Å². The first-order chi connectivity index (χ1) is 18.3. The van der Waals surface area contributed by atoms with Gasteiger partial charge in [0.2, 0.25) is 11.7 Å². The Bertz CT molecular complexity index is 1570. The molecule has 0 aliphatic carbocycles. The molecule has 194 valence electrons. The van der Waals surface area contributed by atoms with Crippen molar-refractivity contribution in [3.8, 4) is 28.4 Å². The van der Waals surface area contributed by atoms with E-state index in [0.29, 0.717) is 18.3 Å². The van der Waals surface area contributed by atoms with E-state index in [4.69, 9.17) is 9.47 Å². The van der Waals surface area contributed by atoms with Gasteiger partial charge in [-0.25, -0.2) is 0 Å². The quantitative estimate of drug-likeness (QED) is 0.285. The number of pyridine rings is 1. The van der Waals surface area contributed by atoms with Crippen LogP contribution in [0.4, 0.5) is 0 Å². The third-order valence-electron chi connectivity index (χ3n) is 6.25. The minimum atomic E-state index is -0.670. The second-order valence-corrected chi connectivity index (χ2v) is 10.1. The summed E-state index contributed by atoms with van der Waals surface area (Å²) in [5.74, 6) is 0.749. The number of tetrazole rings is 1. The maximum absolute atomic E-state index is 13.1. The van der Waals surface area contributed by atoms with Crippen LogP contribution in [0.3, 0.4) is 0 Å². The largest absolute Gasteiger partial charge is 0.477 e. The van der Waals surface area contributed by atoms with Crippen LogP contribution in [-0.2, 0) is 9.53 Å². The zero-order valence-corrected chi connectivity index (χ0v) is 22.1. The maximum atomic E-state index is 13.1. The summed E-state index contributed by atoms with van der Waals surface area (Å²) in [7, 11) is 0. The normalized spacial score (nSPS) is 12.4. The van der Waals surface area contributed by atoms with Gasteiger partial charge in [0.05, 0.1) is 23.9 Å². The minimum Gasteiger partial charge on any atom is -0.477 e. The highest BCUT2D eigenvalue weighted by Gasteiger charge is 2.30. The van der Waals surface area contributed by atoms with E-state index in [2.05, 4.69) is 25.6 Å². The number of ether oxygens (including phenoxy) is 2. The summed E-state index contributed by atoms with van der Waals surface area (Å²) in [6.45, 7) is 9.96.